The van der Waals surface area contributed by atoms with E-state index in [1.165, 1.54) is 20.0 Å². The smallest absolute Gasteiger partial charge is 0.338 e. The average molecular weight is 436 g/mol. The molecule has 164 valence electrons. The molecule has 2 heterocycles. The maximum absolute atomic E-state index is 12.1. The Balaban J connectivity index is 1.22. The first-order chi connectivity index (χ1) is 14.4. The van der Waals surface area contributed by atoms with Crippen LogP contribution in [0.3, 0.4) is 0 Å². The molecule has 30 heavy (non-hydrogen) atoms. The molecule has 4 aliphatic rings. The van der Waals surface area contributed by atoms with Crippen LogP contribution in [0.25, 0.3) is 0 Å². The van der Waals surface area contributed by atoms with Crippen LogP contribution in [0.15, 0.2) is 6.07 Å². The summed E-state index contributed by atoms with van der Waals surface area (Å²) < 4.78 is 23.5. The molecule has 3 fully saturated rings. The highest BCUT2D eigenvalue weighted by atomic mass is 35.5. The first kappa shape index (κ1) is 20.4. The number of ether oxygens (including phenoxy) is 4. The van der Waals surface area contributed by atoms with Crippen LogP contribution in [0.1, 0.15) is 61.4 Å². The van der Waals surface area contributed by atoms with Crippen LogP contribution < -0.4 is 9.47 Å². The van der Waals surface area contributed by atoms with Gasteiger partial charge in [0.2, 0.25) is 0 Å². The van der Waals surface area contributed by atoms with Gasteiger partial charge in [-0.15, -0.1) is 0 Å². The molecule has 0 amide bonds. The maximum atomic E-state index is 12.1. The van der Waals surface area contributed by atoms with E-state index in [-0.39, 0.29) is 5.92 Å². The van der Waals surface area contributed by atoms with Crippen LogP contribution in [0.2, 0.25) is 5.02 Å². The van der Waals surface area contributed by atoms with Crippen LogP contribution in [0.5, 0.6) is 11.5 Å². The highest BCUT2D eigenvalue weighted by Gasteiger charge is 2.48. The van der Waals surface area contributed by atoms with E-state index in [1.54, 1.807) is 6.07 Å². The number of halogens is 1. The number of methoxy groups -OCH3 is 1. The van der Waals surface area contributed by atoms with Gasteiger partial charge in [-0.3, -0.25) is 4.90 Å². The number of benzene rings is 1. The van der Waals surface area contributed by atoms with E-state index in [0.29, 0.717) is 45.9 Å². The van der Waals surface area contributed by atoms with Gasteiger partial charge in [-0.2, -0.15) is 0 Å². The first-order valence-electron chi connectivity index (χ1n) is 11.1. The topological polar surface area (TPSA) is 57.2 Å². The normalized spacial score (nSPS) is 31.5. The molecule has 1 aromatic carbocycles. The minimum Gasteiger partial charge on any atom is -0.465 e. The van der Waals surface area contributed by atoms with Gasteiger partial charge in [-0.1, -0.05) is 11.6 Å². The third-order valence-corrected chi connectivity index (χ3v) is 7.47. The minimum atomic E-state index is -0.761. The number of carbonyl (C=O) groups excluding carboxylic acids is 1. The maximum Gasteiger partial charge on any atom is 0.338 e. The van der Waals surface area contributed by atoms with E-state index >= 15 is 0 Å². The lowest BCUT2D eigenvalue weighted by molar-refractivity contribution is -0.133. The second kappa shape index (κ2) is 7.57. The fourth-order valence-corrected chi connectivity index (χ4v) is 5.36. The number of rotatable bonds is 5. The Kier molecular flexibility index (Phi) is 5.15. The molecule has 0 N–H and O–H groups in total. The number of esters is 1. The van der Waals surface area contributed by atoms with Crippen molar-refractivity contribution in [3.05, 3.63) is 22.2 Å². The Morgan fingerprint density at radius 2 is 1.77 bits per heavy atom. The van der Waals surface area contributed by atoms with Gasteiger partial charge in [0.15, 0.2) is 11.5 Å². The quantitative estimate of drug-likeness (QED) is 0.641. The van der Waals surface area contributed by atoms with Crippen LogP contribution >= 0.6 is 11.6 Å². The van der Waals surface area contributed by atoms with E-state index in [2.05, 4.69) is 4.90 Å². The summed E-state index contributed by atoms with van der Waals surface area (Å²) >= 11 is 6.43. The van der Waals surface area contributed by atoms with Crippen LogP contribution in [0.4, 0.5) is 0 Å². The van der Waals surface area contributed by atoms with Crippen molar-refractivity contribution in [1.82, 2.24) is 4.90 Å². The third-order valence-electron chi connectivity index (χ3n) is 7.19. The Labute approximate surface area is 182 Å². The fourth-order valence-electron chi connectivity index (χ4n) is 5.13. The van der Waals surface area contributed by atoms with Crippen molar-refractivity contribution in [1.29, 1.82) is 0 Å². The SMILES string of the molecule is COC(=O)c1cc(Cl)c2c(c1C)OC(C)(C1CCC(N3CC(OC4CC4)C3)CC1)O2. The molecular weight excluding hydrogens is 406 g/mol. The number of carbonyl (C=O) groups is 1. The number of fused-ring (bicyclic) bond motifs is 1. The van der Waals surface area contributed by atoms with Crippen molar-refractivity contribution in [2.24, 2.45) is 5.92 Å². The predicted octanol–water partition coefficient (Wildman–Crippen LogP) is 4.34. The number of hydrogen-bond acceptors (Lipinski definition) is 6. The van der Waals surface area contributed by atoms with Crippen molar-refractivity contribution in [3.63, 3.8) is 0 Å². The summed E-state index contributed by atoms with van der Waals surface area (Å²) in [4.78, 5) is 14.6. The number of nitrogens with zero attached hydrogens (tertiary/aromatic N) is 1. The van der Waals surface area contributed by atoms with Crippen molar-refractivity contribution in [3.8, 4) is 11.5 Å². The van der Waals surface area contributed by atoms with Gasteiger partial charge in [0.25, 0.3) is 5.79 Å². The summed E-state index contributed by atoms with van der Waals surface area (Å²) in [5.41, 5.74) is 1.12. The Bertz CT molecular complexity index is 842. The molecule has 2 aliphatic carbocycles. The van der Waals surface area contributed by atoms with Crippen molar-refractivity contribution in [2.75, 3.05) is 20.2 Å². The molecule has 7 heteroatoms. The summed E-state index contributed by atoms with van der Waals surface area (Å²) in [5, 5.41) is 0.385. The van der Waals surface area contributed by atoms with Gasteiger partial charge in [0.05, 0.1) is 29.9 Å². The predicted molar refractivity (Wildman–Crippen MR) is 112 cm³/mol. The molecule has 1 atom stereocenters. The Morgan fingerprint density at radius 1 is 1.10 bits per heavy atom. The highest BCUT2D eigenvalue weighted by Crippen LogP contribution is 2.52. The molecule has 2 saturated carbocycles. The molecule has 2 aliphatic heterocycles. The summed E-state index contributed by atoms with van der Waals surface area (Å²) in [5.74, 6) is 0.194. The molecule has 0 aromatic heterocycles. The zero-order valence-electron chi connectivity index (χ0n) is 17.9. The van der Waals surface area contributed by atoms with E-state index in [9.17, 15) is 4.79 Å². The van der Waals surface area contributed by atoms with E-state index in [4.69, 9.17) is 30.5 Å². The molecule has 5 rings (SSSR count). The second-order valence-corrected chi connectivity index (χ2v) is 9.72. The fraction of sp³-hybridized carbons (Fsp3) is 0.696. The average Bonchev–Trinajstić information content (AvgIpc) is 3.46. The molecule has 1 aromatic rings. The largest absolute Gasteiger partial charge is 0.465 e. The number of hydrogen-bond donors (Lipinski definition) is 0. The van der Waals surface area contributed by atoms with Gasteiger partial charge in [0.1, 0.15) is 0 Å². The van der Waals surface area contributed by atoms with Crippen molar-refractivity contribution in [2.45, 2.75) is 76.4 Å². The van der Waals surface area contributed by atoms with Gasteiger partial charge in [-0.05, 0) is 51.5 Å². The van der Waals surface area contributed by atoms with Crippen molar-refractivity contribution >= 4 is 17.6 Å². The molecule has 0 radical (unpaired) electrons. The Morgan fingerprint density at radius 3 is 2.40 bits per heavy atom. The molecule has 1 saturated heterocycles. The van der Waals surface area contributed by atoms with Gasteiger partial charge in [0, 0.05) is 37.5 Å². The molecule has 0 bridgehead atoms. The second-order valence-electron chi connectivity index (χ2n) is 9.32. The summed E-state index contributed by atoms with van der Waals surface area (Å²) in [7, 11) is 1.36. The van der Waals surface area contributed by atoms with Crippen molar-refractivity contribution < 1.29 is 23.7 Å². The lowest BCUT2D eigenvalue weighted by Gasteiger charge is -2.47. The summed E-state index contributed by atoms with van der Waals surface area (Å²) in [6, 6.07) is 2.24. The summed E-state index contributed by atoms with van der Waals surface area (Å²) in [6.07, 6.45) is 7.83. The summed E-state index contributed by atoms with van der Waals surface area (Å²) in [6.45, 7) is 5.99. The lowest BCUT2D eigenvalue weighted by atomic mass is 9.80. The third kappa shape index (κ3) is 3.57. The Hall–Kier alpha value is -1.50. The van der Waals surface area contributed by atoms with Gasteiger partial charge in [-0.25, -0.2) is 4.79 Å². The van der Waals surface area contributed by atoms with Gasteiger partial charge < -0.3 is 18.9 Å². The van der Waals surface area contributed by atoms with E-state index in [0.717, 1.165) is 38.8 Å². The van der Waals surface area contributed by atoms with Crippen LogP contribution in [0, 0.1) is 12.8 Å². The van der Waals surface area contributed by atoms with Gasteiger partial charge >= 0.3 is 5.97 Å². The van der Waals surface area contributed by atoms with Crippen LogP contribution in [-0.2, 0) is 9.47 Å². The van der Waals surface area contributed by atoms with Crippen LogP contribution in [-0.4, -0.2) is 55.1 Å². The molecule has 6 nitrogen and oxygen atoms in total. The zero-order valence-corrected chi connectivity index (χ0v) is 18.7. The number of likely N-dealkylation sites (tertiary alicyclic amines) is 1. The molecule has 0 spiro atoms. The van der Waals surface area contributed by atoms with E-state index < -0.39 is 11.8 Å². The monoisotopic (exact) mass is 435 g/mol. The first-order valence-corrected chi connectivity index (χ1v) is 11.4. The minimum absolute atomic E-state index is 0.276. The zero-order chi connectivity index (χ0) is 21.0. The lowest BCUT2D eigenvalue weighted by Crippen LogP contribution is -2.58. The molecular formula is C23H30ClNO5. The van der Waals surface area contributed by atoms with E-state index in [1.807, 2.05) is 13.8 Å². The molecule has 1 unspecified atom stereocenters. The standard InChI is InChI=1S/C23H30ClNO5/c1-13-18(22(26)27-3)10-19(24)21-20(13)29-23(2,30-21)14-4-6-15(7-5-14)25-11-17(12-25)28-16-8-9-16/h10,14-17H,4-9,11-12H2,1-3H3. The highest BCUT2D eigenvalue weighted by molar-refractivity contribution is 6.32.